The number of amides is 1. The van der Waals surface area contributed by atoms with Crippen LogP contribution >= 0.6 is 38.5 Å². The molecule has 0 spiro atoms. The fourth-order valence-electron chi connectivity index (χ4n) is 1.78. The number of halogens is 2. The van der Waals surface area contributed by atoms with Gasteiger partial charge in [0, 0.05) is 8.04 Å². The molecule has 1 heterocycles. The van der Waals surface area contributed by atoms with Gasteiger partial charge in [-0.05, 0) is 61.6 Å². The molecule has 6 heteroatoms. The van der Waals surface area contributed by atoms with Gasteiger partial charge in [-0.15, -0.1) is 0 Å². The summed E-state index contributed by atoms with van der Waals surface area (Å²) in [5.41, 5.74) is -0.455. The predicted molar refractivity (Wildman–Crippen MR) is 89.1 cm³/mol. The van der Waals surface area contributed by atoms with Gasteiger partial charge >= 0.3 is 6.09 Å². The topological polar surface area (TPSA) is 38.8 Å². The molecule has 1 saturated heterocycles. The highest BCUT2D eigenvalue weighted by Gasteiger charge is 2.35. The summed E-state index contributed by atoms with van der Waals surface area (Å²) < 4.78 is 13.2. The lowest BCUT2D eigenvalue weighted by Crippen LogP contribution is -2.57. The maximum absolute atomic E-state index is 11.8. The van der Waals surface area contributed by atoms with E-state index in [-0.39, 0.29) is 12.2 Å². The molecule has 1 aliphatic heterocycles. The Bertz CT molecular complexity index is 489. The van der Waals surface area contributed by atoms with Gasteiger partial charge in [0.05, 0.1) is 13.1 Å². The van der Waals surface area contributed by atoms with Crippen LogP contribution in [0.5, 0.6) is 5.75 Å². The van der Waals surface area contributed by atoms with Crippen LogP contribution in [0.25, 0.3) is 0 Å². The molecule has 1 aromatic carbocycles. The van der Waals surface area contributed by atoms with Crippen molar-refractivity contribution in [1.29, 1.82) is 0 Å². The number of rotatable bonds is 2. The molecule has 0 aliphatic carbocycles. The Kier molecular flexibility index (Phi) is 4.84. The van der Waals surface area contributed by atoms with Gasteiger partial charge in [-0.1, -0.05) is 15.9 Å². The standard InChI is InChI=1S/C14H17BrINO3/c1-14(2,3)20-13(18)17-7-12(8-17)19-11-5-9(15)4-10(16)6-11/h4-6,12H,7-8H2,1-3H3. The Morgan fingerprint density at radius 1 is 1.35 bits per heavy atom. The Morgan fingerprint density at radius 2 is 2.00 bits per heavy atom. The van der Waals surface area contributed by atoms with E-state index in [9.17, 15) is 4.79 Å². The summed E-state index contributed by atoms with van der Waals surface area (Å²) in [6.45, 7) is 6.72. The Balaban J connectivity index is 1.83. The van der Waals surface area contributed by atoms with E-state index in [1.54, 1.807) is 4.90 Å². The zero-order valence-electron chi connectivity index (χ0n) is 11.7. The van der Waals surface area contributed by atoms with Crippen molar-refractivity contribution in [2.24, 2.45) is 0 Å². The number of nitrogens with zero attached hydrogens (tertiary/aromatic N) is 1. The summed E-state index contributed by atoms with van der Waals surface area (Å²) in [6.07, 6.45) is -0.242. The van der Waals surface area contributed by atoms with Crippen molar-refractivity contribution in [3.63, 3.8) is 0 Å². The number of benzene rings is 1. The van der Waals surface area contributed by atoms with E-state index in [1.165, 1.54) is 0 Å². The second-order valence-corrected chi connectivity index (χ2v) is 7.89. The molecule has 110 valence electrons. The van der Waals surface area contributed by atoms with Crippen molar-refractivity contribution in [2.75, 3.05) is 13.1 Å². The first-order valence-electron chi connectivity index (χ1n) is 6.33. The molecular weight excluding hydrogens is 437 g/mol. The first-order chi connectivity index (χ1) is 9.23. The molecule has 1 amide bonds. The molecule has 0 saturated carbocycles. The molecule has 2 rings (SSSR count). The maximum atomic E-state index is 11.8. The van der Waals surface area contributed by atoms with Crippen LogP contribution in [0, 0.1) is 3.57 Å². The second-order valence-electron chi connectivity index (χ2n) is 5.73. The third-order valence-corrected chi connectivity index (χ3v) is 3.72. The van der Waals surface area contributed by atoms with Crippen molar-refractivity contribution >= 4 is 44.6 Å². The number of ether oxygens (including phenoxy) is 2. The zero-order chi connectivity index (χ0) is 14.9. The SMILES string of the molecule is CC(C)(C)OC(=O)N1CC(Oc2cc(Br)cc(I)c2)C1. The quantitative estimate of drug-likeness (QED) is 0.634. The molecule has 4 nitrogen and oxygen atoms in total. The van der Waals surface area contributed by atoms with Crippen LogP contribution in [0.3, 0.4) is 0 Å². The molecule has 1 fully saturated rings. The van der Waals surface area contributed by atoms with Gasteiger partial charge in [0.15, 0.2) is 0 Å². The molecule has 0 atom stereocenters. The average molecular weight is 454 g/mol. The number of hydrogen-bond acceptors (Lipinski definition) is 3. The van der Waals surface area contributed by atoms with E-state index < -0.39 is 5.60 Å². The van der Waals surface area contributed by atoms with Gasteiger partial charge in [-0.3, -0.25) is 0 Å². The van der Waals surface area contributed by atoms with Gasteiger partial charge in [-0.25, -0.2) is 4.79 Å². The van der Waals surface area contributed by atoms with Crippen LogP contribution in [0.1, 0.15) is 20.8 Å². The van der Waals surface area contributed by atoms with Crippen LogP contribution in [-0.4, -0.2) is 35.8 Å². The summed E-state index contributed by atoms with van der Waals surface area (Å²) >= 11 is 5.68. The van der Waals surface area contributed by atoms with Crippen LogP contribution in [-0.2, 0) is 4.74 Å². The van der Waals surface area contributed by atoms with Gasteiger partial charge in [-0.2, -0.15) is 0 Å². The van der Waals surface area contributed by atoms with Crippen molar-refractivity contribution in [3.8, 4) is 5.75 Å². The molecule has 0 bridgehead atoms. The second kappa shape index (κ2) is 6.09. The lowest BCUT2D eigenvalue weighted by molar-refractivity contribution is -0.0221. The van der Waals surface area contributed by atoms with Crippen LogP contribution < -0.4 is 4.74 Å². The number of carbonyl (C=O) groups excluding carboxylic acids is 1. The minimum Gasteiger partial charge on any atom is -0.487 e. The van der Waals surface area contributed by atoms with Crippen molar-refractivity contribution in [3.05, 3.63) is 26.2 Å². The highest BCUT2D eigenvalue weighted by Crippen LogP contribution is 2.25. The first-order valence-corrected chi connectivity index (χ1v) is 8.21. The Labute approximate surface area is 141 Å². The number of hydrogen-bond donors (Lipinski definition) is 0. The molecule has 1 aliphatic rings. The molecule has 0 unspecified atom stereocenters. The number of carbonyl (C=O) groups is 1. The minimum atomic E-state index is -0.455. The summed E-state index contributed by atoms with van der Waals surface area (Å²) in [5, 5.41) is 0. The third kappa shape index (κ3) is 4.51. The minimum absolute atomic E-state index is 0.0348. The normalized spacial score (nSPS) is 15.8. The Hall–Kier alpha value is -0.500. The molecule has 20 heavy (non-hydrogen) atoms. The summed E-state index contributed by atoms with van der Waals surface area (Å²) in [7, 11) is 0. The van der Waals surface area contributed by atoms with Gasteiger partial charge in [0.2, 0.25) is 0 Å². The molecule has 1 aromatic rings. The molecule has 0 radical (unpaired) electrons. The van der Waals surface area contributed by atoms with Crippen LogP contribution in [0.2, 0.25) is 0 Å². The smallest absolute Gasteiger partial charge is 0.410 e. The highest BCUT2D eigenvalue weighted by atomic mass is 127. The lowest BCUT2D eigenvalue weighted by atomic mass is 10.1. The fraction of sp³-hybridized carbons (Fsp3) is 0.500. The molecular formula is C14H17BrINO3. The van der Waals surface area contributed by atoms with Crippen molar-refractivity contribution in [1.82, 2.24) is 4.90 Å². The first kappa shape index (κ1) is 15.9. The maximum Gasteiger partial charge on any atom is 0.410 e. The summed E-state index contributed by atoms with van der Waals surface area (Å²) in [5.74, 6) is 0.817. The molecule has 0 aromatic heterocycles. The van der Waals surface area contributed by atoms with E-state index in [0.717, 1.165) is 13.8 Å². The zero-order valence-corrected chi connectivity index (χ0v) is 15.4. The van der Waals surface area contributed by atoms with E-state index >= 15 is 0 Å². The van der Waals surface area contributed by atoms with E-state index in [1.807, 2.05) is 39.0 Å². The number of likely N-dealkylation sites (tertiary alicyclic amines) is 1. The summed E-state index contributed by atoms with van der Waals surface area (Å²) in [4.78, 5) is 13.4. The average Bonchev–Trinajstić information content (AvgIpc) is 2.18. The molecule has 0 N–H and O–H groups in total. The highest BCUT2D eigenvalue weighted by molar-refractivity contribution is 14.1. The lowest BCUT2D eigenvalue weighted by Gasteiger charge is -2.39. The Morgan fingerprint density at radius 3 is 2.55 bits per heavy atom. The van der Waals surface area contributed by atoms with Crippen LogP contribution in [0.4, 0.5) is 4.79 Å². The van der Waals surface area contributed by atoms with E-state index in [4.69, 9.17) is 9.47 Å². The van der Waals surface area contributed by atoms with E-state index in [2.05, 4.69) is 38.5 Å². The third-order valence-electron chi connectivity index (χ3n) is 2.64. The fourth-order valence-corrected chi connectivity index (χ4v) is 3.32. The predicted octanol–water partition coefficient (Wildman–Crippen LogP) is 4.05. The van der Waals surface area contributed by atoms with Gasteiger partial charge in [0.25, 0.3) is 0 Å². The monoisotopic (exact) mass is 453 g/mol. The largest absolute Gasteiger partial charge is 0.487 e. The van der Waals surface area contributed by atoms with Crippen LogP contribution in [0.15, 0.2) is 22.7 Å². The van der Waals surface area contributed by atoms with E-state index in [0.29, 0.717) is 13.1 Å². The summed E-state index contributed by atoms with van der Waals surface area (Å²) in [6, 6.07) is 5.92. The van der Waals surface area contributed by atoms with Gasteiger partial charge < -0.3 is 14.4 Å². The van der Waals surface area contributed by atoms with Crippen molar-refractivity contribution in [2.45, 2.75) is 32.5 Å². The van der Waals surface area contributed by atoms with Crippen molar-refractivity contribution < 1.29 is 14.3 Å². The van der Waals surface area contributed by atoms with Gasteiger partial charge in [0.1, 0.15) is 17.5 Å².